The van der Waals surface area contributed by atoms with Gasteiger partial charge >= 0.3 is 0 Å². The van der Waals surface area contributed by atoms with Crippen LogP contribution in [0.3, 0.4) is 0 Å². The molecule has 0 radical (unpaired) electrons. The van der Waals surface area contributed by atoms with Gasteiger partial charge in [0.15, 0.2) is 0 Å². The third-order valence-electron chi connectivity index (χ3n) is 5.15. The van der Waals surface area contributed by atoms with Crippen molar-refractivity contribution in [2.45, 2.75) is 69.9 Å². The summed E-state index contributed by atoms with van der Waals surface area (Å²) in [6.45, 7) is 1.74. The van der Waals surface area contributed by atoms with E-state index in [1.165, 1.54) is 38.5 Å². The monoisotopic (exact) mass is 281 g/mol. The van der Waals surface area contributed by atoms with Crippen LogP contribution in [0.15, 0.2) is 0 Å². The van der Waals surface area contributed by atoms with Crippen LogP contribution in [-0.4, -0.2) is 43.0 Å². The number of nitrogens with one attached hydrogen (secondary N) is 1. The van der Waals surface area contributed by atoms with Crippen molar-refractivity contribution in [3.05, 3.63) is 0 Å². The number of rotatable bonds is 6. The van der Waals surface area contributed by atoms with Crippen LogP contribution < -0.4 is 11.1 Å². The zero-order chi connectivity index (χ0) is 14.4. The first-order chi connectivity index (χ1) is 9.66. The lowest BCUT2D eigenvalue weighted by atomic mass is 9.94. The number of hydrogen-bond donors (Lipinski definition) is 2. The van der Waals surface area contributed by atoms with Crippen LogP contribution in [0.1, 0.15) is 57.8 Å². The molecule has 3 N–H and O–H groups in total. The summed E-state index contributed by atoms with van der Waals surface area (Å²) in [6.07, 6.45) is 10.8. The summed E-state index contributed by atoms with van der Waals surface area (Å²) in [7, 11) is 2.19. The topological polar surface area (TPSA) is 58.4 Å². The molecule has 2 atom stereocenters. The number of hydrogen-bond acceptors (Lipinski definition) is 3. The molecule has 0 aliphatic heterocycles. The molecule has 0 aromatic rings. The Labute approximate surface area is 123 Å². The van der Waals surface area contributed by atoms with E-state index in [9.17, 15) is 4.79 Å². The molecule has 0 saturated heterocycles. The van der Waals surface area contributed by atoms with E-state index in [2.05, 4.69) is 17.3 Å². The molecular formula is C16H31N3O. The first kappa shape index (κ1) is 15.8. The number of carbonyl (C=O) groups excluding carboxylic acids is 1. The minimum atomic E-state index is 0.185. The van der Waals surface area contributed by atoms with Crippen molar-refractivity contribution in [1.29, 1.82) is 0 Å². The Bertz CT molecular complexity index is 302. The molecule has 1 amide bonds. The molecule has 0 unspecified atom stereocenters. The molecule has 4 heteroatoms. The number of carbonyl (C=O) groups is 1. The highest BCUT2D eigenvalue weighted by Crippen LogP contribution is 2.26. The van der Waals surface area contributed by atoms with E-state index in [4.69, 9.17) is 5.73 Å². The zero-order valence-electron chi connectivity index (χ0n) is 12.9. The first-order valence-electron chi connectivity index (χ1n) is 8.39. The molecule has 0 aromatic heterocycles. The largest absolute Gasteiger partial charge is 0.355 e. The van der Waals surface area contributed by atoms with Gasteiger partial charge in [-0.1, -0.05) is 25.7 Å². The van der Waals surface area contributed by atoms with Gasteiger partial charge in [0.25, 0.3) is 0 Å². The molecule has 116 valence electrons. The summed E-state index contributed by atoms with van der Waals surface area (Å²) >= 11 is 0. The van der Waals surface area contributed by atoms with Gasteiger partial charge in [0, 0.05) is 31.6 Å². The summed E-state index contributed by atoms with van der Waals surface area (Å²) < 4.78 is 0. The van der Waals surface area contributed by atoms with E-state index in [1.54, 1.807) is 0 Å². The third kappa shape index (κ3) is 4.74. The summed E-state index contributed by atoms with van der Waals surface area (Å²) in [5.74, 6) is 0.593. The predicted molar refractivity (Wildman–Crippen MR) is 82.4 cm³/mol. The molecule has 4 nitrogen and oxygen atoms in total. The Hall–Kier alpha value is -0.610. The van der Waals surface area contributed by atoms with Gasteiger partial charge in [-0.3, -0.25) is 4.79 Å². The third-order valence-corrected chi connectivity index (χ3v) is 5.15. The lowest BCUT2D eigenvalue weighted by Gasteiger charge is -2.31. The normalized spacial score (nSPS) is 27.9. The van der Waals surface area contributed by atoms with Crippen molar-refractivity contribution in [2.75, 3.05) is 20.1 Å². The van der Waals surface area contributed by atoms with Crippen molar-refractivity contribution in [1.82, 2.24) is 10.2 Å². The number of nitrogens with two attached hydrogens (primary N) is 1. The van der Waals surface area contributed by atoms with E-state index in [0.717, 1.165) is 32.0 Å². The molecule has 2 aliphatic carbocycles. The minimum Gasteiger partial charge on any atom is -0.355 e. The van der Waals surface area contributed by atoms with Crippen molar-refractivity contribution in [2.24, 2.45) is 11.7 Å². The molecule has 20 heavy (non-hydrogen) atoms. The highest BCUT2D eigenvalue weighted by molar-refractivity contribution is 5.76. The summed E-state index contributed by atoms with van der Waals surface area (Å²) in [6, 6.07) is 0.967. The van der Waals surface area contributed by atoms with Gasteiger partial charge in [-0.25, -0.2) is 0 Å². The zero-order valence-corrected chi connectivity index (χ0v) is 12.9. The fourth-order valence-corrected chi connectivity index (χ4v) is 3.71. The molecule has 0 heterocycles. The number of likely N-dealkylation sites (N-methyl/N-ethyl adjacent to an activating group) is 1. The molecule has 2 aliphatic rings. The van der Waals surface area contributed by atoms with Gasteiger partial charge in [0.2, 0.25) is 5.91 Å². The lowest BCUT2D eigenvalue weighted by molar-refractivity contribution is -0.122. The number of nitrogens with zero attached hydrogens (tertiary/aromatic N) is 1. The van der Waals surface area contributed by atoms with Crippen molar-refractivity contribution >= 4 is 5.91 Å². The highest BCUT2D eigenvalue weighted by atomic mass is 16.1. The van der Waals surface area contributed by atoms with Crippen molar-refractivity contribution < 1.29 is 4.79 Å². The summed E-state index contributed by atoms with van der Waals surface area (Å²) in [5.41, 5.74) is 6.01. The Morgan fingerprint density at radius 3 is 2.55 bits per heavy atom. The van der Waals surface area contributed by atoms with Gasteiger partial charge < -0.3 is 16.0 Å². The fourth-order valence-electron chi connectivity index (χ4n) is 3.71. The van der Waals surface area contributed by atoms with Crippen LogP contribution in [0, 0.1) is 5.92 Å². The Balaban J connectivity index is 1.58. The van der Waals surface area contributed by atoms with Gasteiger partial charge in [0.05, 0.1) is 0 Å². The predicted octanol–water partition coefficient (Wildman–Crippen LogP) is 1.88. The van der Waals surface area contributed by atoms with Crippen molar-refractivity contribution in [3.8, 4) is 0 Å². The highest BCUT2D eigenvalue weighted by Gasteiger charge is 2.26. The fraction of sp³-hybridized carbons (Fsp3) is 0.938. The second-order valence-corrected chi connectivity index (χ2v) is 6.68. The molecule has 0 bridgehead atoms. The van der Waals surface area contributed by atoms with Crippen LogP contribution in [0.25, 0.3) is 0 Å². The Morgan fingerprint density at radius 1 is 1.15 bits per heavy atom. The number of amides is 1. The Morgan fingerprint density at radius 2 is 1.90 bits per heavy atom. The maximum Gasteiger partial charge on any atom is 0.220 e. The van der Waals surface area contributed by atoms with Gasteiger partial charge in [-0.2, -0.15) is 0 Å². The van der Waals surface area contributed by atoms with E-state index in [1.807, 2.05) is 0 Å². The van der Waals surface area contributed by atoms with E-state index in [0.29, 0.717) is 12.3 Å². The maximum absolute atomic E-state index is 11.9. The molecule has 2 fully saturated rings. The van der Waals surface area contributed by atoms with E-state index < -0.39 is 0 Å². The van der Waals surface area contributed by atoms with Crippen LogP contribution in [0.5, 0.6) is 0 Å². The second-order valence-electron chi connectivity index (χ2n) is 6.68. The van der Waals surface area contributed by atoms with Crippen LogP contribution in [0.4, 0.5) is 0 Å². The molecular weight excluding hydrogens is 250 g/mol. The van der Waals surface area contributed by atoms with Gasteiger partial charge in [-0.15, -0.1) is 0 Å². The van der Waals surface area contributed by atoms with Crippen molar-refractivity contribution in [3.63, 3.8) is 0 Å². The van der Waals surface area contributed by atoms with E-state index >= 15 is 0 Å². The smallest absolute Gasteiger partial charge is 0.220 e. The maximum atomic E-state index is 11.9. The Kier molecular flexibility index (Phi) is 6.30. The summed E-state index contributed by atoms with van der Waals surface area (Å²) in [5, 5.41) is 3.06. The van der Waals surface area contributed by atoms with Crippen LogP contribution >= 0.6 is 0 Å². The SMILES string of the molecule is CN(CCNC(=O)C[C@@H]1CCC[C@H]1N)C1CCCCC1. The average molecular weight is 281 g/mol. The van der Waals surface area contributed by atoms with Gasteiger partial charge in [-0.05, 0) is 38.6 Å². The summed E-state index contributed by atoms with van der Waals surface area (Å²) in [4.78, 5) is 14.3. The van der Waals surface area contributed by atoms with Crippen LogP contribution in [-0.2, 0) is 4.79 Å². The molecule has 0 spiro atoms. The molecule has 2 rings (SSSR count). The molecule has 2 saturated carbocycles. The van der Waals surface area contributed by atoms with Gasteiger partial charge in [0.1, 0.15) is 0 Å². The standard InChI is InChI=1S/C16H31N3O/c1-19(14-7-3-2-4-8-14)11-10-18-16(20)12-13-6-5-9-15(13)17/h13-15H,2-12,17H2,1H3,(H,18,20)/t13-,15+/m0/s1. The molecule has 0 aromatic carbocycles. The average Bonchev–Trinajstić information content (AvgIpc) is 2.85. The second kappa shape index (κ2) is 7.99. The van der Waals surface area contributed by atoms with Crippen LogP contribution in [0.2, 0.25) is 0 Å². The minimum absolute atomic E-state index is 0.185. The van der Waals surface area contributed by atoms with E-state index in [-0.39, 0.29) is 11.9 Å². The first-order valence-corrected chi connectivity index (χ1v) is 8.39. The quantitative estimate of drug-likeness (QED) is 0.781. The lowest BCUT2D eigenvalue weighted by Crippen LogP contribution is -2.40.